The second-order valence-electron chi connectivity index (χ2n) is 5.90. The molecular weight excluding hydrogens is 304 g/mol. The highest BCUT2D eigenvalue weighted by Gasteiger charge is 2.26. The van der Waals surface area contributed by atoms with Crippen molar-refractivity contribution in [1.29, 1.82) is 0 Å². The number of piperazine rings is 1. The number of phenolic OH excluding ortho intramolecular Hbond substituents is 1. The first-order valence-corrected chi connectivity index (χ1v) is 8.18. The number of carbonyl (C=O) groups is 1. The van der Waals surface area contributed by atoms with Crippen LogP contribution in [0.4, 0.5) is 5.69 Å². The van der Waals surface area contributed by atoms with E-state index in [4.69, 9.17) is 4.74 Å². The molecule has 3 rings (SSSR count). The summed E-state index contributed by atoms with van der Waals surface area (Å²) in [6, 6.07) is 16.6. The van der Waals surface area contributed by atoms with Gasteiger partial charge in [0.2, 0.25) is 0 Å². The first kappa shape index (κ1) is 16.2. The Morgan fingerprint density at radius 3 is 2.25 bits per heavy atom. The van der Waals surface area contributed by atoms with Gasteiger partial charge in [-0.15, -0.1) is 0 Å². The maximum Gasteiger partial charge on any atom is 0.263 e. The number of benzene rings is 2. The van der Waals surface area contributed by atoms with Crippen LogP contribution in [0.5, 0.6) is 11.5 Å². The van der Waals surface area contributed by atoms with Crippen molar-refractivity contribution in [3.8, 4) is 11.5 Å². The van der Waals surface area contributed by atoms with Gasteiger partial charge in [0.05, 0.1) is 0 Å². The third-order valence-corrected chi connectivity index (χ3v) is 4.21. The molecule has 0 aliphatic carbocycles. The summed E-state index contributed by atoms with van der Waals surface area (Å²) in [5.41, 5.74) is 1.06. The van der Waals surface area contributed by atoms with Gasteiger partial charge in [0.25, 0.3) is 5.91 Å². The quantitative estimate of drug-likeness (QED) is 0.938. The van der Waals surface area contributed by atoms with Gasteiger partial charge in [-0.25, -0.2) is 0 Å². The molecule has 0 spiro atoms. The summed E-state index contributed by atoms with van der Waals surface area (Å²) in [7, 11) is 0. The summed E-state index contributed by atoms with van der Waals surface area (Å²) in [6.07, 6.45) is -0.493. The van der Waals surface area contributed by atoms with E-state index >= 15 is 0 Å². The lowest BCUT2D eigenvalue weighted by Gasteiger charge is -2.37. The highest BCUT2D eigenvalue weighted by molar-refractivity contribution is 5.81. The molecule has 24 heavy (non-hydrogen) atoms. The van der Waals surface area contributed by atoms with E-state index in [1.165, 1.54) is 0 Å². The lowest BCUT2D eigenvalue weighted by Crippen LogP contribution is -2.52. The molecular formula is C19H22N2O3. The van der Waals surface area contributed by atoms with Gasteiger partial charge in [-0.3, -0.25) is 4.79 Å². The summed E-state index contributed by atoms with van der Waals surface area (Å²) in [5.74, 6) is 0.990. The first-order valence-electron chi connectivity index (χ1n) is 8.18. The lowest BCUT2D eigenvalue weighted by molar-refractivity contribution is -0.138. The van der Waals surface area contributed by atoms with Crippen molar-refractivity contribution in [3.05, 3.63) is 54.6 Å². The zero-order valence-electron chi connectivity index (χ0n) is 13.8. The number of carbonyl (C=O) groups excluding carboxylic acids is 1. The second kappa shape index (κ2) is 7.25. The standard InChI is InChI=1S/C19H22N2O3/c1-15(24-18-5-3-2-4-6-18)19(23)21-13-11-20(12-14-21)16-7-9-17(22)10-8-16/h2-10,15,22H,11-14H2,1H3. The number of nitrogens with zero attached hydrogens (tertiary/aromatic N) is 2. The number of hydrogen-bond donors (Lipinski definition) is 1. The molecule has 1 saturated heterocycles. The minimum absolute atomic E-state index is 0.0178. The number of rotatable bonds is 4. The Balaban J connectivity index is 1.54. The molecule has 1 atom stereocenters. The van der Waals surface area contributed by atoms with Crippen LogP contribution in [0.25, 0.3) is 0 Å². The van der Waals surface area contributed by atoms with Gasteiger partial charge in [0.1, 0.15) is 11.5 Å². The Bertz CT molecular complexity index is 665. The molecule has 5 heteroatoms. The molecule has 0 aromatic heterocycles. The van der Waals surface area contributed by atoms with Crippen molar-refractivity contribution in [2.24, 2.45) is 0 Å². The number of hydrogen-bond acceptors (Lipinski definition) is 4. The van der Waals surface area contributed by atoms with E-state index in [2.05, 4.69) is 4.90 Å². The van der Waals surface area contributed by atoms with Crippen LogP contribution in [0.3, 0.4) is 0 Å². The Morgan fingerprint density at radius 1 is 1.00 bits per heavy atom. The van der Waals surface area contributed by atoms with Crippen LogP contribution >= 0.6 is 0 Å². The number of ether oxygens (including phenoxy) is 1. The predicted octanol–water partition coefficient (Wildman–Crippen LogP) is 2.51. The Labute approximate surface area is 142 Å². The van der Waals surface area contributed by atoms with E-state index < -0.39 is 6.10 Å². The first-order chi connectivity index (χ1) is 11.6. The fourth-order valence-corrected chi connectivity index (χ4v) is 2.86. The smallest absolute Gasteiger partial charge is 0.263 e. The average molecular weight is 326 g/mol. The summed E-state index contributed by atoms with van der Waals surface area (Å²) in [5, 5.41) is 9.37. The molecule has 1 heterocycles. The maximum absolute atomic E-state index is 12.5. The van der Waals surface area contributed by atoms with Crippen LogP contribution < -0.4 is 9.64 Å². The van der Waals surface area contributed by atoms with Crippen molar-refractivity contribution in [2.75, 3.05) is 31.1 Å². The molecule has 2 aromatic carbocycles. The van der Waals surface area contributed by atoms with Gasteiger partial charge >= 0.3 is 0 Å². The van der Waals surface area contributed by atoms with Crippen LogP contribution in [0.2, 0.25) is 0 Å². The zero-order valence-corrected chi connectivity index (χ0v) is 13.8. The molecule has 1 fully saturated rings. The molecule has 2 aromatic rings. The number of amides is 1. The molecule has 1 amide bonds. The molecule has 1 N–H and O–H groups in total. The molecule has 5 nitrogen and oxygen atoms in total. The van der Waals surface area contributed by atoms with Gasteiger partial charge in [-0.1, -0.05) is 18.2 Å². The Kier molecular flexibility index (Phi) is 4.89. The number of para-hydroxylation sites is 1. The van der Waals surface area contributed by atoms with Crippen molar-refractivity contribution in [2.45, 2.75) is 13.0 Å². The Hall–Kier alpha value is -2.69. The van der Waals surface area contributed by atoms with Crippen molar-refractivity contribution < 1.29 is 14.6 Å². The zero-order chi connectivity index (χ0) is 16.9. The number of anilines is 1. The fourth-order valence-electron chi connectivity index (χ4n) is 2.86. The van der Waals surface area contributed by atoms with Gasteiger partial charge in [0.15, 0.2) is 6.10 Å². The van der Waals surface area contributed by atoms with E-state index in [0.29, 0.717) is 18.8 Å². The third kappa shape index (κ3) is 3.79. The van der Waals surface area contributed by atoms with Crippen LogP contribution in [-0.2, 0) is 4.79 Å². The summed E-state index contributed by atoms with van der Waals surface area (Å²) in [6.45, 7) is 4.68. The van der Waals surface area contributed by atoms with Gasteiger partial charge in [-0.2, -0.15) is 0 Å². The molecule has 1 aliphatic heterocycles. The van der Waals surface area contributed by atoms with Gasteiger partial charge in [-0.05, 0) is 43.3 Å². The average Bonchev–Trinajstić information content (AvgIpc) is 2.63. The van der Waals surface area contributed by atoms with E-state index in [1.807, 2.05) is 47.4 Å². The summed E-state index contributed by atoms with van der Waals surface area (Å²) in [4.78, 5) is 16.6. The van der Waals surface area contributed by atoms with E-state index in [1.54, 1.807) is 19.1 Å². The van der Waals surface area contributed by atoms with E-state index in [0.717, 1.165) is 18.8 Å². The SMILES string of the molecule is CC(Oc1ccccc1)C(=O)N1CCN(c2ccc(O)cc2)CC1. The molecule has 1 unspecified atom stereocenters. The van der Waals surface area contributed by atoms with E-state index in [-0.39, 0.29) is 11.7 Å². The molecule has 126 valence electrons. The second-order valence-corrected chi connectivity index (χ2v) is 5.90. The summed E-state index contributed by atoms with van der Waals surface area (Å²) >= 11 is 0. The monoisotopic (exact) mass is 326 g/mol. The number of aromatic hydroxyl groups is 1. The summed E-state index contributed by atoms with van der Waals surface area (Å²) < 4.78 is 5.72. The van der Waals surface area contributed by atoms with Crippen LogP contribution in [0.1, 0.15) is 6.92 Å². The Morgan fingerprint density at radius 2 is 1.62 bits per heavy atom. The van der Waals surface area contributed by atoms with Crippen molar-refractivity contribution >= 4 is 11.6 Å². The van der Waals surface area contributed by atoms with Crippen LogP contribution in [-0.4, -0.2) is 48.2 Å². The molecule has 0 saturated carbocycles. The van der Waals surface area contributed by atoms with Gasteiger partial charge < -0.3 is 19.6 Å². The van der Waals surface area contributed by atoms with Crippen molar-refractivity contribution in [3.63, 3.8) is 0 Å². The molecule has 1 aliphatic rings. The van der Waals surface area contributed by atoms with E-state index in [9.17, 15) is 9.90 Å². The maximum atomic E-state index is 12.5. The van der Waals surface area contributed by atoms with Gasteiger partial charge in [0, 0.05) is 31.9 Å². The molecule has 0 bridgehead atoms. The topological polar surface area (TPSA) is 53.0 Å². The minimum Gasteiger partial charge on any atom is -0.508 e. The normalized spacial score (nSPS) is 15.9. The third-order valence-electron chi connectivity index (χ3n) is 4.21. The van der Waals surface area contributed by atoms with Crippen molar-refractivity contribution in [1.82, 2.24) is 4.90 Å². The highest BCUT2D eigenvalue weighted by Crippen LogP contribution is 2.20. The predicted molar refractivity (Wildman–Crippen MR) is 93.4 cm³/mol. The number of phenols is 1. The largest absolute Gasteiger partial charge is 0.508 e. The minimum atomic E-state index is -0.493. The lowest BCUT2D eigenvalue weighted by atomic mass is 10.2. The fraction of sp³-hybridized carbons (Fsp3) is 0.316. The van der Waals surface area contributed by atoms with Crippen LogP contribution in [0.15, 0.2) is 54.6 Å². The van der Waals surface area contributed by atoms with Crippen LogP contribution in [0, 0.1) is 0 Å². The molecule has 0 radical (unpaired) electrons. The highest BCUT2D eigenvalue weighted by atomic mass is 16.5.